The third-order valence-corrected chi connectivity index (χ3v) is 2.35. The Kier molecular flexibility index (Phi) is 4.01. The number of nitro benzene ring substituents is 1. The quantitative estimate of drug-likeness (QED) is 0.356. The highest BCUT2D eigenvalue weighted by Gasteiger charge is 2.25. The zero-order valence-corrected chi connectivity index (χ0v) is 9.52. The van der Waals surface area contributed by atoms with Crippen molar-refractivity contribution in [3.63, 3.8) is 0 Å². The molecule has 1 aromatic rings. The second-order valence-electron chi connectivity index (χ2n) is 3.02. The van der Waals surface area contributed by atoms with Crippen molar-refractivity contribution < 1.29 is 14.5 Å². The van der Waals surface area contributed by atoms with E-state index in [1.165, 1.54) is 6.07 Å². The highest BCUT2D eigenvalue weighted by molar-refractivity contribution is 6.18. The number of esters is 1. The summed E-state index contributed by atoms with van der Waals surface area (Å²) in [5, 5.41) is 19.5. The number of rotatable bonds is 3. The van der Waals surface area contributed by atoms with E-state index < -0.39 is 16.6 Å². The van der Waals surface area contributed by atoms with Crippen LogP contribution in [0, 0.1) is 21.4 Å². The van der Waals surface area contributed by atoms with Crippen LogP contribution in [0.1, 0.15) is 21.5 Å². The van der Waals surface area contributed by atoms with Crippen LogP contribution in [0.15, 0.2) is 12.1 Å². The van der Waals surface area contributed by atoms with Gasteiger partial charge in [0.15, 0.2) is 0 Å². The maximum absolute atomic E-state index is 11.4. The van der Waals surface area contributed by atoms with Gasteiger partial charge in [-0.25, -0.2) is 4.79 Å². The number of ether oxygens (including phenoxy) is 1. The first kappa shape index (κ1) is 12.9. The average molecular weight is 255 g/mol. The lowest BCUT2D eigenvalue weighted by Gasteiger charge is -2.06. The number of carbonyl (C=O) groups excluding carboxylic acids is 1. The maximum atomic E-state index is 11.4. The Morgan fingerprint density at radius 2 is 2.29 bits per heavy atom. The van der Waals surface area contributed by atoms with Gasteiger partial charge in [-0.1, -0.05) is 0 Å². The van der Waals surface area contributed by atoms with Gasteiger partial charge in [-0.3, -0.25) is 10.1 Å². The van der Waals surface area contributed by atoms with Crippen LogP contribution in [0.4, 0.5) is 5.69 Å². The maximum Gasteiger partial charge on any atom is 0.345 e. The van der Waals surface area contributed by atoms with Crippen LogP contribution in [0.2, 0.25) is 0 Å². The molecule has 6 nitrogen and oxygen atoms in total. The molecular formula is C10H7ClN2O4. The van der Waals surface area contributed by atoms with E-state index in [2.05, 4.69) is 4.74 Å². The lowest BCUT2D eigenvalue weighted by molar-refractivity contribution is -0.385. The van der Waals surface area contributed by atoms with E-state index in [1.807, 2.05) is 0 Å². The largest absolute Gasteiger partial charge is 0.465 e. The molecule has 0 bridgehead atoms. The van der Waals surface area contributed by atoms with Crippen LogP contribution >= 0.6 is 11.6 Å². The number of hydrogen-bond acceptors (Lipinski definition) is 5. The fourth-order valence-electron chi connectivity index (χ4n) is 1.34. The molecule has 88 valence electrons. The van der Waals surface area contributed by atoms with Crippen molar-refractivity contribution in [2.75, 3.05) is 7.11 Å². The minimum Gasteiger partial charge on any atom is -0.465 e. The molecule has 0 spiro atoms. The molecule has 7 heteroatoms. The standard InChI is InChI=1S/C10H7ClN2O4/c1-17-10(14)9-7(4-11)2-6(5-12)3-8(9)13(15)16/h2-3H,4H2,1H3. The first-order chi connectivity index (χ1) is 8.04. The van der Waals surface area contributed by atoms with Gasteiger partial charge in [-0.2, -0.15) is 5.26 Å². The van der Waals surface area contributed by atoms with Crippen molar-refractivity contribution in [1.29, 1.82) is 5.26 Å². The van der Waals surface area contributed by atoms with Crippen molar-refractivity contribution in [2.45, 2.75) is 5.88 Å². The second kappa shape index (κ2) is 5.27. The van der Waals surface area contributed by atoms with Gasteiger partial charge in [0.1, 0.15) is 5.56 Å². The molecule has 17 heavy (non-hydrogen) atoms. The number of methoxy groups -OCH3 is 1. The molecule has 0 radical (unpaired) electrons. The number of carbonyl (C=O) groups is 1. The summed E-state index contributed by atoms with van der Waals surface area (Å²) in [4.78, 5) is 21.5. The summed E-state index contributed by atoms with van der Waals surface area (Å²) in [6.07, 6.45) is 0. The SMILES string of the molecule is COC(=O)c1c(CCl)cc(C#N)cc1[N+](=O)[O-]. The molecule has 0 aliphatic rings. The lowest BCUT2D eigenvalue weighted by Crippen LogP contribution is -2.09. The normalized spacial score (nSPS) is 9.47. The molecule has 0 heterocycles. The Morgan fingerprint density at radius 3 is 2.71 bits per heavy atom. The second-order valence-corrected chi connectivity index (χ2v) is 3.29. The Bertz CT molecular complexity index is 522. The van der Waals surface area contributed by atoms with Crippen LogP contribution in [0.3, 0.4) is 0 Å². The monoisotopic (exact) mass is 254 g/mol. The van der Waals surface area contributed by atoms with Gasteiger partial charge in [0.05, 0.1) is 23.7 Å². The molecule has 0 amide bonds. The zero-order chi connectivity index (χ0) is 13.0. The fourth-order valence-corrected chi connectivity index (χ4v) is 1.55. The molecule has 1 aromatic carbocycles. The number of nitro groups is 1. The van der Waals surface area contributed by atoms with Crippen LogP contribution in [-0.2, 0) is 10.6 Å². The van der Waals surface area contributed by atoms with E-state index in [1.54, 1.807) is 6.07 Å². The van der Waals surface area contributed by atoms with E-state index >= 15 is 0 Å². The highest BCUT2D eigenvalue weighted by Crippen LogP contribution is 2.26. The Morgan fingerprint density at radius 1 is 1.65 bits per heavy atom. The van der Waals surface area contributed by atoms with Crippen molar-refractivity contribution in [1.82, 2.24) is 0 Å². The predicted octanol–water partition coefficient (Wildman–Crippen LogP) is 1.99. The Hall–Kier alpha value is -2.13. The molecular weight excluding hydrogens is 248 g/mol. The van der Waals surface area contributed by atoms with E-state index in [4.69, 9.17) is 16.9 Å². The van der Waals surface area contributed by atoms with Crippen molar-refractivity contribution in [3.05, 3.63) is 38.9 Å². The van der Waals surface area contributed by atoms with Crippen LogP contribution in [0.5, 0.6) is 0 Å². The number of benzene rings is 1. The third kappa shape index (κ3) is 2.52. The summed E-state index contributed by atoms with van der Waals surface area (Å²) >= 11 is 5.60. The van der Waals surface area contributed by atoms with Gasteiger partial charge < -0.3 is 4.74 Å². The molecule has 0 saturated carbocycles. The third-order valence-electron chi connectivity index (χ3n) is 2.06. The van der Waals surface area contributed by atoms with Gasteiger partial charge in [0, 0.05) is 11.9 Å². The lowest BCUT2D eigenvalue weighted by atomic mass is 10.0. The van der Waals surface area contributed by atoms with E-state index in [9.17, 15) is 14.9 Å². The van der Waals surface area contributed by atoms with Crippen molar-refractivity contribution >= 4 is 23.3 Å². The Balaban J connectivity index is 3.59. The predicted molar refractivity (Wildman–Crippen MR) is 58.7 cm³/mol. The van der Waals surface area contributed by atoms with Gasteiger partial charge in [0.25, 0.3) is 5.69 Å². The highest BCUT2D eigenvalue weighted by atomic mass is 35.5. The first-order valence-corrected chi connectivity index (χ1v) is 4.94. The summed E-state index contributed by atoms with van der Waals surface area (Å²) in [6.45, 7) is 0. The Labute approximate surface area is 102 Å². The summed E-state index contributed by atoms with van der Waals surface area (Å²) in [5.41, 5.74) is -0.428. The van der Waals surface area contributed by atoms with E-state index in [0.717, 1.165) is 13.2 Å². The minimum absolute atomic E-state index is 0.0694. The molecule has 0 atom stereocenters. The van der Waals surface area contributed by atoms with Crippen LogP contribution in [-0.4, -0.2) is 18.0 Å². The van der Waals surface area contributed by atoms with E-state index in [-0.39, 0.29) is 22.6 Å². The van der Waals surface area contributed by atoms with Crippen molar-refractivity contribution in [2.24, 2.45) is 0 Å². The topological polar surface area (TPSA) is 93.2 Å². The number of nitriles is 1. The van der Waals surface area contributed by atoms with Gasteiger partial charge >= 0.3 is 5.97 Å². The van der Waals surface area contributed by atoms with Crippen LogP contribution < -0.4 is 0 Å². The minimum atomic E-state index is -0.850. The molecule has 1 rings (SSSR count). The summed E-state index contributed by atoms with van der Waals surface area (Å²) in [5.74, 6) is -0.974. The summed E-state index contributed by atoms with van der Waals surface area (Å²) in [6, 6.07) is 4.11. The smallest absolute Gasteiger partial charge is 0.345 e. The first-order valence-electron chi connectivity index (χ1n) is 4.40. The molecule has 0 fully saturated rings. The van der Waals surface area contributed by atoms with Crippen molar-refractivity contribution in [3.8, 4) is 6.07 Å². The molecule has 0 N–H and O–H groups in total. The fraction of sp³-hybridized carbons (Fsp3) is 0.200. The van der Waals surface area contributed by atoms with Gasteiger partial charge in [-0.15, -0.1) is 11.6 Å². The molecule has 0 saturated heterocycles. The van der Waals surface area contributed by atoms with Gasteiger partial charge in [0.2, 0.25) is 0 Å². The molecule has 0 unspecified atom stereocenters. The number of nitrogens with zero attached hydrogens (tertiary/aromatic N) is 2. The summed E-state index contributed by atoms with van der Waals surface area (Å²) < 4.78 is 4.46. The van der Waals surface area contributed by atoms with E-state index in [0.29, 0.717) is 0 Å². The number of halogens is 1. The number of hydrogen-bond donors (Lipinski definition) is 0. The molecule has 0 aliphatic heterocycles. The average Bonchev–Trinajstić information content (AvgIpc) is 2.35. The zero-order valence-electron chi connectivity index (χ0n) is 8.77. The summed E-state index contributed by atoms with van der Waals surface area (Å²) in [7, 11) is 1.11. The molecule has 0 aromatic heterocycles. The van der Waals surface area contributed by atoms with Gasteiger partial charge in [-0.05, 0) is 11.6 Å². The number of alkyl halides is 1. The molecule has 0 aliphatic carbocycles. The van der Waals surface area contributed by atoms with Crippen LogP contribution in [0.25, 0.3) is 0 Å².